The summed E-state index contributed by atoms with van der Waals surface area (Å²) < 4.78 is 41.0. The van der Waals surface area contributed by atoms with Gasteiger partial charge in [-0.2, -0.15) is 13.2 Å². The summed E-state index contributed by atoms with van der Waals surface area (Å²) in [5.41, 5.74) is 1.72. The molecule has 0 radical (unpaired) electrons. The summed E-state index contributed by atoms with van der Waals surface area (Å²) in [5, 5.41) is 16.8. The van der Waals surface area contributed by atoms with Gasteiger partial charge in [0.15, 0.2) is 10.9 Å². The topological polar surface area (TPSA) is 57.2 Å². The summed E-state index contributed by atoms with van der Waals surface area (Å²) in [6, 6.07) is 10.1. The van der Waals surface area contributed by atoms with E-state index in [-0.39, 0.29) is 28.0 Å². The van der Waals surface area contributed by atoms with Crippen molar-refractivity contribution >= 4 is 56.2 Å². The summed E-state index contributed by atoms with van der Waals surface area (Å²) in [5.74, 6) is -1.68. The molecule has 4 rings (SSSR count). The molecule has 1 aliphatic carbocycles. The molecule has 1 aliphatic rings. The van der Waals surface area contributed by atoms with Gasteiger partial charge in [-0.3, -0.25) is 0 Å². The van der Waals surface area contributed by atoms with Gasteiger partial charge in [0.05, 0.1) is 26.8 Å². The third-order valence-electron chi connectivity index (χ3n) is 5.36. The Morgan fingerprint density at radius 3 is 2.68 bits per heavy atom. The van der Waals surface area contributed by atoms with Gasteiger partial charge in [0.25, 0.3) is 0 Å². The Bertz CT molecular complexity index is 1090. The maximum Gasteiger partial charge on any atom is 0.393 e. The molecule has 2 aromatic carbocycles. The lowest BCUT2D eigenvalue weighted by Gasteiger charge is -2.34. The third kappa shape index (κ3) is 4.88. The van der Waals surface area contributed by atoms with Crippen molar-refractivity contribution in [2.75, 3.05) is 5.32 Å². The fourth-order valence-corrected chi connectivity index (χ4v) is 5.27. The second-order valence-electron chi connectivity index (χ2n) is 7.48. The van der Waals surface area contributed by atoms with E-state index in [0.717, 1.165) is 10.2 Å². The molecule has 2 atom stereocenters. The average Bonchev–Trinajstić information content (AvgIpc) is 3.15. The number of thiazole rings is 1. The molecular weight excluding hydrogens is 467 g/mol. The summed E-state index contributed by atoms with van der Waals surface area (Å²) in [7, 11) is 0. The number of fused-ring (bicyclic) bond motifs is 1. The van der Waals surface area contributed by atoms with Crippen LogP contribution in [-0.2, 0) is 0 Å². The molecule has 0 bridgehead atoms. The largest absolute Gasteiger partial charge is 0.504 e. The molecule has 0 amide bonds. The Labute approximate surface area is 191 Å². The van der Waals surface area contributed by atoms with Gasteiger partial charge in [-0.1, -0.05) is 36.6 Å². The van der Waals surface area contributed by atoms with Crippen LogP contribution in [0.3, 0.4) is 0 Å². The highest BCUT2D eigenvalue weighted by Gasteiger charge is 2.45. The van der Waals surface area contributed by atoms with Gasteiger partial charge < -0.3 is 15.7 Å². The Kier molecular flexibility index (Phi) is 6.27. The predicted octanol–water partition coefficient (Wildman–Crippen LogP) is 6.73. The van der Waals surface area contributed by atoms with E-state index < -0.39 is 18.1 Å². The molecule has 3 N–H and O–H groups in total. The first kappa shape index (κ1) is 22.1. The highest BCUT2D eigenvalue weighted by Crippen LogP contribution is 2.40. The van der Waals surface area contributed by atoms with Crippen LogP contribution in [0.4, 0.5) is 18.9 Å². The number of nitrogens with zero attached hydrogens (tertiary/aromatic N) is 1. The molecule has 1 heterocycles. The molecule has 0 saturated heterocycles. The van der Waals surface area contributed by atoms with E-state index in [2.05, 4.69) is 15.6 Å². The zero-order valence-electron chi connectivity index (χ0n) is 16.2. The second kappa shape index (κ2) is 8.80. The molecule has 1 fully saturated rings. The first-order valence-corrected chi connectivity index (χ1v) is 11.4. The minimum absolute atomic E-state index is 0.00830. The van der Waals surface area contributed by atoms with Crippen LogP contribution in [0, 0.1) is 5.92 Å². The Balaban J connectivity index is 1.56. The molecule has 31 heavy (non-hydrogen) atoms. The zero-order valence-corrected chi connectivity index (χ0v) is 18.6. The Morgan fingerprint density at radius 1 is 1.19 bits per heavy atom. The van der Waals surface area contributed by atoms with Gasteiger partial charge in [0.2, 0.25) is 0 Å². The number of phenols is 1. The van der Waals surface area contributed by atoms with Gasteiger partial charge >= 0.3 is 6.18 Å². The summed E-state index contributed by atoms with van der Waals surface area (Å²) in [6.07, 6.45) is -2.58. The second-order valence-corrected chi connectivity index (χ2v) is 9.32. The lowest BCUT2D eigenvalue weighted by Crippen LogP contribution is -2.48. The lowest BCUT2D eigenvalue weighted by molar-refractivity contribution is -0.187. The standard InChI is InChI=1S/C21H19ClF3N3OS2/c22-13-9-11(19-26-15-7-3-4-8-17(15)31-19)10-16(18(13)29)28-20(30)27-14-6-2-1-5-12(14)21(23,24)25/h3-4,7-10,12,14,29H,1-2,5-6H2,(H2,27,28,30). The zero-order chi connectivity index (χ0) is 22.2. The normalized spacial score (nSPS) is 19.4. The average molecular weight is 486 g/mol. The summed E-state index contributed by atoms with van der Waals surface area (Å²) in [4.78, 5) is 4.58. The molecule has 3 aromatic rings. The monoisotopic (exact) mass is 485 g/mol. The number of para-hydroxylation sites is 1. The minimum atomic E-state index is -4.29. The highest BCUT2D eigenvalue weighted by atomic mass is 35.5. The predicted molar refractivity (Wildman–Crippen MR) is 123 cm³/mol. The van der Waals surface area contributed by atoms with Gasteiger partial charge in [0, 0.05) is 11.6 Å². The van der Waals surface area contributed by atoms with Crippen LogP contribution >= 0.6 is 35.2 Å². The van der Waals surface area contributed by atoms with Gasteiger partial charge in [-0.15, -0.1) is 11.3 Å². The maximum atomic E-state index is 13.3. The SMILES string of the molecule is Oc1c(Cl)cc(-c2nc3ccccc3s2)cc1NC(=S)NC1CCCCC1C(F)(F)F. The molecule has 1 saturated carbocycles. The first-order valence-electron chi connectivity index (χ1n) is 9.75. The number of alkyl halides is 3. The number of thiocarbonyl (C=S) groups is 1. The quantitative estimate of drug-likeness (QED) is 0.283. The van der Waals surface area contributed by atoms with E-state index in [1.54, 1.807) is 12.1 Å². The number of aromatic hydroxyl groups is 1. The van der Waals surface area contributed by atoms with Crippen molar-refractivity contribution in [2.45, 2.75) is 37.9 Å². The van der Waals surface area contributed by atoms with Crippen molar-refractivity contribution in [3.8, 4) is 16.3 Å². The minimum Gasteiger partial charge on any atom is -0.504 e. The van der Waals surface area contributed by atoms with Crippen LogP contribution in [0.5, 0.6) is 5.75 Å². The smallest absolute Gasteiger partial charge is 0.393 e. The van der Waals surface area contributed by atoms with E-state index in [1.807, 2.05) is 24.3 Å². The van der Waals surface area contributed by atoms with Crippen LogP contribution in [0.25, 0.3) is 20.8 Å². The van der Waals surface area contributed by atoms with Gasteiger partial charge in [0.1, 0.15) is 5.01 Å². The Hall–Kier alpha value is -2.10. The number of halogens is 4. The molecule has 10 heteroatoms. The summed E-state index contributed by atoms with van der Waals surface area (Å²) >= 11 is 12.9. The van der Waals surface area contributed by atoms with Crippen molar-refractivity contribution in [1.82, 2.24) is 10.3 Å². The van der Waals surface area contributed by atoms with Gasteiger partial charge in [-0.25, -0.2) is 4.98 Å². The number of benzene rings is 2. The number of aromatic nitrogens is 1. The van der Waals surface area contributed by atoms with Crippen molar-refractivity contribution in [1.29, 1.82) is 0 Å². The molecule has 164 valence electrons. The van der Waals surface area contributed by atoms with Crippen LogP contribution in [0.2, 0.25) is 5.02 Å². The Morgan fingerprint density at radius 2 is 1.94 bits per heavy atom. The molecule has 4 nitrogen and oxygen atoms in total. The number of anilines is 1. The molecule has 0 aliphatic heterocycles. The lowest BCUT2D eigenvalue weighted by atomic mass is 9.84. The van der Waals surface area contributed by atoms with E-state index in [4.69, 9.17) is 23.8 Å². The highest BCUT2D eigenvalue weighted by molar-refractivity contribution is 7.80. The van der Waals surface area contributed by atoms with E-state index in [1.165, 1.54) is 11.3 Å². The van der Waals surface area contributed by atoms with E-state index >= 15 is 0 Å². The maximum absolute atomic E-state index is 13.3. The number of phenolic OH excluding ortho intramolecular Hbond substituents is 1. The van der Waals surface area contributed by atoms with Gasteiger partial charge in [-0.05, 0) is 49.3 Å². The van der Waals surface area contributed by atoms with Crippen molar-refractivity contribution < 1.29 is 18.3 Å². The van der Waals surface area contributed by atoms with Crippen LogP contribution in [0.1, 0.15) is 25.7 Å². The first-order chi connectivity index (χ1) is 14.7. The van der Waals surface area contributed by atoms with E-state index in [9.17, 15) is 18.3 Å². The number of rotatable bonds is 3. The van der Waals surface area contributed by atoms with Crippen molar-refractivity contribution in [3.63, 3.8) is 0 Å². The summed E-state index contributed by atoms with van der Waals surface area (Å²) in [6.45, 7) is 0. The molecule has 1 aromatic heterocycles. The van der Waals surface area contributed by atoms with Crippen molar-refractivity contribution in [2.24, 2.45) is 5.92 Å². The van der Waals surface area contributed by atoms with E-state index in [0.29, 0.717) is 29.8 Å². The molecular formula is C21H19ClF3N3OS2. The number of hydrogen-bond acceptors (Lipinski definition) is 4. The van der Waals surface area contributed by atoms with Crippen LogP contribution < -0.4 is 10.6 Å². The van der Waals surface area contributed by atoms with Crippen molar-refractivity contribution in [3.05, 3.63) is 41.4 Å². The molecule has 0 spiro atoms. The number of hydrogen-bond donors (Lipinski definition) is 3. The fraction of sp³-hybridized carbons (Fsp3) is 0.333. The number of nitrogens with one attached hydrogen (secondary N) is 2. The molecule has 2 unspecified atom stereocenters. The van der Waals surface area contributed by atoms with Crippen LogP contribution in [-0.4, -0.2) is 27.4 Å². The fourth-order valence-electron chi connectivity index (χ4n) is 3.84. The third-order valence-corrected chi connectivity index (χ3v) is 6.95. The van der Waals surface area contributed by atoms with Crippen LogP contribution in [0.15, 0.2) is 36.4 Å².